The Kier molecular flexibility index (Phi) is 4.75. The summed E-state index contributed by atoms with van der Waals surface area (Å²) in [4.78, 5) is 17.5. The molecule has 0 saturated carbocycles. The Bertz CT molecular complexity index is 1470. The van der Waals surface area contributed by atoms with Gasteiger partial charge in [-0.25, -0.2) is 4.99 Å². The van der Waals surface area contributed by atoms with E-state index in [2.05, 4.69) is 20.5 Å². The molecule has 4 N–H and O–H groups in total. The van der Waals surface area contributed by atoms with Gasteiger partial charge in [0.25, 0.3) is 5.56 Å². The number of rotatable bonds is 3. The Morgan fingerprint density at radius 2 is 1.88 bits per heavy atom. The summed E-state index contributed by atoms with van der Waals surface area (Å²) in [5.74, 6) is 0.00494. The molecule has 1 atom stereocenters. The predicted molar refractivity (Wildman–Crippen MR) is 126 cm³/mol. The van der Waals surface area contributed by atoms with Crippen molar-refractivity contribution in [2.24, 2.45) is 12.0 Å². The highest BCUT2D eigenvalue weighted by Gasteiger charge is 2.29. The summed E-state index contributed by atoms with van der Waals surface area (Å²) in [6, 6.07) is 13.7. The monoisotopic (exact) mass is 445 g/mol. The van der Waals surface area contributed by atoms with Crippen LogP contribution in [0.15, 0.2) is 64.5 Å². The van der Waals surface area contributed by atoms with Crippen molar-refractivity contribution in [1.82, 2.24) is 20.1 Å². The molecule has 1 aliphatic heterocycles. The molecule has 8 nitrogen and oxygen atoms in total. The summed E-state index contributed by atoms with van der Waals surface area (Å²) in [7, 11) is 1.66. The number of aliphatic imine (C=N–C) groups is 1. The van der Waals surface area contributed by atoms with Crippen LogP contribution in [0.4, 0.5) is 0 Å². The minimum atomic E-state index is -0.362. The summed E-state index contributed by atoms with van der Waals surface area (Å²) in [6.07, 6.45) is 1.95. The molecule has 2 aromatic heterocycles. The summed E-state index contributed by atoms with van der Waals surface area (Å²) in [6.45, 7) is 0. The summed E-state index contributed by atoms with van der Waals surface area (Å²) in [5.41, 5.74) is 2.81. The molecule has 3 heterocycles. The molecule has 1 aliphatic rings. The van der Waals surface area contributed by atoms with Crippen molar-refractivity contribution < 1.29 is 10.2 Å². The van der Waals surface area contributed by atoms with Gasteiger partial charge in [0, 0.05) is 30.0 Å². The first-order valence-electron chi connectivity index (χ1n) is 9.96. The van der Waals surface area contributed by atoms with E-state index in [1.165, 1.54) is 4.57 Å². The van der Waals surface area contributed by atoms with Gasteiger partial charge in [0.15, 0.2) is 5.11 Å². The Labute approximate surface area is 187 Å². The first-order valence-corrected chi connectivity index (χ1v) is 10.4. The highest BCUT2D eigenvalue weighted by molar-refractivity contribution is 7.80. The Morgan fingerprint density at radius 1 is 1.12 bits per heavy atom. The van der Waals surface area contributed by atoms with Crippen LogP contribution in [0.5, 0.6) is 11.5 Å². The molecule has 4 aromatic rings. The fraction of sp³-hybridized carbons (Fsp3) is 0.130. The number of H-pyrrole nitrogens is 1. The van der Waals surface area contributed by atoms with Crippen molar-refractivity contribution in [2.45, 2.75) is 12.5 Å². The molecular formula is C23H19N5O3S. The van der Waals surface area contributed by atoms with Gasteiger partial charge in [0.1, 0.15) is 17.1 Å². The number of aryl methyl sites for hydroxylation is 1. The number of thiocarbonyl (C=S) groups is 1. The van der Waals surface area contributed by atoms with Crippen molar-refractivity contribution in [2.75, 3.05) is 0 Å². The van der Waals surface area contributed by atoms with Crippen molar-refractivity contribution in [1.29, 1.82) is 0 Å². The molecule has 0 bridgehead atoms. The maximum Gasteiger partial charge on any atom is 0.263 e. The van der Waals surface area contributed by atoms with E-state index in [1.54, 1.807) is 49.6 Å². The Balaban J connectivity index is 1.61. The van der Waals surface area contributed by atoms with Crippen LogP contribution < -0.4 is 10.9 Å². The number of aromatic amines is 1. The molecule has 2 aromatic carbocycles. The molecule has 0 radical (unpaired) electrons. The van der Waals surface area contributed by atoms with Crippen LogP contribution in [-0.4, -0.2) is 35.8 Å². The van der Waals surface area contributed by atoms with Crippen LogP contribution in [0.1, 0.15) is 23.6 Å². The van der Waals surface area contributed by atoms with Gasteiger partial charge in [0.05, 0.1) is 29.2 Å². The zero-order valence-corrected chi connectivity index (χ0v) is 17.8. The quantitative estimate of drug-likeness (QED) is 0.360. The molecular weight excluding hydrogens is 426 g/mol. The summed E-state index contributed by atoms with van der Waals surface area (Å²) >= 11 is 5.37. The number of phenols is 1. The highest BCUT2D eigenvalue weighted by atomic mass is 32.1. The van der Waals surface area contributed by atoms with Gasteiger partial charge in [-0.3, -0.25) is 9.89 Å². The average molecular weight is 446 g/mol. The smallest absolute Gasteiger partial charge is 0.263 e. The lowest BCUT2D eigenvalue weighted by atomic mass is 9.93. The van der Waals surface area contributed by atoms with E-state index < -0.39 is 0 Å². The fourth-order valence-electron chi connectivity index (χ4n) is 4.14. The number of hydrogen-bond acceptors (Lipinski definition) is 5. The third kappa shape index (κ3) is 3.14. The first-order chi connectivity index (χ1) is 15.5. The van der Waals surface area contributed by atoms with Crippen molar-refractivity contribution in [3.8, 4) is 22.8 Å². The van der Waals surface area contributed by atoms with Crippen molar-refractivity contribution in [3.05, 3.63) is 76.2 Å². The second kappa shape index (κ2) is 7.61. The van der Waals surface area contributed by atoms with E-state index in [4.69, 9.17) is 12.2 Å². The highest BCUT2D eigenvalue weighted by Crippen LogP contribution is 2.36. The van der Waals surface area contributed by atoms with E-state index in [0.717, 1.165) is 5.56 Å². The fourth-order valence-corrected chi connectivity index (χ4v) is 4.39. The molecule has 0 fully saturated rings. The topological polar surface area (TPSA) is 116 Å². The number of para-hydroxylation sites is 2. The number of pyridine rings is 1. The number of nitrogens with zero attached hydrogens (tertiary/aromatic N) is 3. The van der Waals surface area contributed by atoms with Crippen LogP contribution in [-0.2, 0) is 7.05 Å². The Morgan fingerprint density at radius 3 is 2.69 bits per heavy atom. The number of nitrogens with one attached hydrogen (secondary N) is 2. The van der Waals surface area contributed by atoms with Gasteiger partial charge in [-0.15, -0.1) is 0 Å². The minimum Gasteiger partial charge on any atom is -0.507 e. The molecule has 32 heavy (non-hydrogen) atoms. The van der Waals surface area contributed by atoms with Gasteiger partial charge in [-0.1, -0.05) is 24.3 Å². The molecule has 160 valence electrons. The SMILES string of the molecule is Cn1c(=O)c(C2=NC(=S)NC(c3cn[nH]c3-c3ccccc3O)C2)c(O)c2ccccc21. The first kappa shape index (κ1) is 20.0. The van der Waals surface area contributed by atoms with Gasteiger partial charge in [0.2, 0.25) is 0 Å². The number of hydrogen-bond donors (Lipinski definition) is 4. The van der Waals surface area contributed by atoms with Crippen LogP contribution in [0, 0.1) is 0 Å². The molecule has 0 aliphatic carbocycles. The third-order valence-electron chi connectivity index (χ3n) is 5.71. The molecule has 0 saturated heterocycles. The second-order valence-corrected chi connectivity index (χ2v) is 7.97. The van der Waals surface area contributed by atoms with Crippen molar-refractivity contribution in [3.63, 3.8) is 0 Å². The van der Waals surface area contributed by atoms with Crippen molar-refractivity contribution >= 4 is 33.9 Å². The van der Waals surface area contributed by atoms with E-state index >= 15 is 0 Å². The zero-order chi connectivity index (χ0) is 22.4. The van der Waals surface area contributed by atoms with E-state index in [1.807, 2.05) is 12.1 Å². The number of aromatic nitrogens is 3. The van der Waals surface area contributed by atoms with Gasteiger partial charge in [-0.2, -0.15) is 5.10 Å². The summed E-state index contributed by atoms with van der Waals surface area (Å²) in [5, 5.41) is 32.3. The molecule has 0 amide bonds. The van der Waals surface area contributed by atoms with Crippen LogP contribution in [0.3, 0.4) is 0 Å². The minimum absolute atomic E-state index is 0.112. The number of fused-ring (bicyclic) bond motifs is 1. The predicted octanol–water partition coefficient (Wildman–Crippen LogP) is 3.15. The summed E-state index contributed by atoms with van der Waals surface area (Å²) < 4.78 is 1.50. The lowest BCUT2D eigenvalue weighted by Crippen LogP contribution is -2.36. The Hall–Kier alpha value is -3.98. The number of benzene rings is 2. The molecule has 9 heteroatoms. The second-order valence-electron chi connectivity index (χ2n) is 7.59. The average Bonchev–Trinajstić information content (AvgIpc) is 3.27. The molecule has 5 rings (SSSR count). The molecule has 0 spiro atoms. The third-order valence-corrected chi connectivity index (χ3v) is 5.92. The van der Waals surface area contributed by atoms with Crippen LogP contribution in [0.25, 0.3) is 22.2 Å². The van der Waals surface area contributed by atoms with Crippen LogP contribution >= 0.6 is 12.2 Å². The van der Waals surface area contributed by atoms with Gasteiger partial charge in [-0.05, 0) is 36.5 Å². The number of phenolic OH excluding ortho intramolecular Hbond substituents is 1. The number of aromatic hydroxyl groups is 2. The van der Waals surface area contributed by atoms with Gasteiger partial charge < -0.3 is 20.1 Å². The lowest BCUT2D eigenvalue weighted by molar-refractivity contribution is 0.477. The maximum absolute atomic E-state index is 13.1. The molecule has 1 unspecified atom stereocenters. The standard InChI is InChI=1S/C23H19N5O3S/c1-28-17-8-4-2-6-12(17)21(30)19(22(28)31)16-10-15(25-23(32)26-16)14-11-24-27-20(14)13-7-3-5-9-18(13)29/h2-9,11,15,29-30H,10H2,1H3,(H,24,27)(H,25,32). The maximum atomic E-state index is 13.1. The van der Waals surface area contributed by atoms with Gasteiger partial charge >= 0.3 is 0 Å². The lowest BCUT2D eigenvalue weighted by Gasteiger charge is -2.25. The largest absolute Gasteiger partial charge is 0.507 e. The normalized spacial score (nSPS) is 16.1. The van der Waals surface area contributed by atoms with Crippen LogP contribution in [0.2, 0.25) is 0 Å². The van der Waals surface area contributed by atoms with E-state index in [9.17, 15) is 15.0 Å². The van der Waals surface area contributed by atoms with E-state index in [-0.39, 0.29) is 33.8 Å². The van der Waals surface area contributed by atoms with E-state index in [0.29, 0.717) is 34.3 Å². The zero-order valence-electron chi connectivity index (χ0n) is 17.0.